The van der Waals surface area contributed by atoms with Gasteiger partial charge in [-0.15, -0.1) is 0 Å². The maximum atomic E-state index is 14.6. The molecule has 168 valence electrons. The number of halogens is 2. The molecule has 0 spiro atoms. The number of allylic oxidation sites excluding steroid dienone is 1. The number of hydrogen-bond acceptors (Lipinski definition) is 6. The Morgan fingerprint density at radius 1 is 1.48 bits per heavy atom. The van der Waals surface area contributed by atoms with Crippen LogP contribution in [0.25, 0.3) is 0 Å². The topological polar surface area (TPSA) is 103 Å². The third-order valence-corrected chi connectivity index (χ3v) is 5.62. The Morgan fingerprint density at radius 3 is 2.90 bits per heavy atom. The lowest BCUT2D eigenvalue weighted by Gasteiger charge is -2.29. The number of piperidine rings is 1. The lowest BCUT2D eigenvalue weighted by atomic mass is 10.1. The Labute approximate surface area is 180 Å². The molecule has 0 aromatic heterocycles. The summed E-state index contributed by atoms with van der Waals surface area (Å²) < 4.78 is 29.1. The molecular formula is C22H29F2N5O2. The predicted molar refractivity (Wildman–Crippen MR) is 115 cm³/mol. The first-order valence-corrected chi connectivity index (χ1v) is 10.3. The molecule has 7 nitrogen and oxygen atoms in total. The zero-order valence-electron chi connectivity index (χ0n) is 17.6. The molecule has 2 heterocycles. The van der Waals surface area contributed by atoms with Crippen LogP contribution in [0.3, 0.4) is 0 Å². The summed E-state index contributed by atoms with van der Waals surface area (Å²) in [4.78, 5) is 17.9. The fourth-order valence-electron chi connectivity index (χ4n) is 3.91. The maximum absolute atomic E-state index is 14.6. The SMILES string of the molecule is C=C(N)N=C/C(=C\C)C(F)(F)C(O)NCc1ccc2c(c1)CN(C1CCCNC1=O)C2. The number of nitrogens with two attached hydrogens (primary N) is 1. The second-order valence-corrected chi connectivity index (χ2v) is 7.86. The van der Waals surface area contributed by atoms with Gasteiger partial charge < -0.3 is 16.2 Å². The number of amides is 1. The Morgan fingerprint density at radius 2 is 2.23 bits per heavy atom. The predicted octanol–water partition coefficient (Wildman–Crippen LogP) is 1.77. The molecule has 1 saturated heterocycles. The van der Waals surface area contributed by atoms with Gasteiger partial charge in [0, 0.05) is 38.0 Å². The molecule has 0 aliphatic carbocycles. The lowest BCUT2D eigenvalue weighted by molar-refractivity contribution is -0.128. The van der Waals surface area contributed by atoms with Crippen molar-refractivity contribution in [1.82, 2.24) is 15.5 Å². The van der Waals surface area contributed by atoms with Crippen molar-refractivity contribution in [3.8, 4) is 0 Å². The fourth-order valence-corrected chi connectivity index (χ4v) is 3.91. The summed E-state index contributed by atoms with van der Waals surface area (Å²) in [5.74, 6) is -3.60. The van der Waals surface area contributed by atoms with E-state index in [1.807, 2.05) is 18.2 Å². The van der Waals surface area contributed by atoms with Crippen LogP contribution in [0.2, 0.25) is 0 Å². The van der Waals surface area contributed by atoms with Gasteiger partial charge in [-0.05, 0) is 36.5 Å². The van der Waals surface area contributed by atoms with Gasteiger partial charge in [0.1, 0.15) is 5.82 Å². The monoisotopic (exact) mass is 433 g/mol. The van der Waals surface area contributed by atoms with Gasteiger partial charge in [0.05, 0.1) is 6.04 Å². The zero-order chi connectivity index (χ0) is 22.6. The molecule has 1 aromatic carbocycles. The summed E-state index contributed by atoms with van der Waals surface area (Å²) >= 11 is 0. The highest BCUT2D eigenvalue weighted by Gasteiger charge is 2.41. The molecule has 0 radical (unpaired) electrons. The number of nitrogens with one attached hydrogen (secondary N) is 2. The minimum absolute atomic E-state index is 0.0612. The molecule has 1 fully saturated rings. The van der Waals surface area contributed by atoms with Gasteiger partial charge in [-0.2, -0.15) is 8.78 Å². The standard InChI is InChI=1S/C22H29F2N5O2/c1-3-18(11-27-14(2)25)22(23,24)21(31)28-10-15-6-7-16-12-29(13-17(16)9-15)19-5-4-8-26-20(19)30/h3,6-7,9,11,19,21,28,31H,2,4-5,8,10,12-13,25H2,1H3,(H,26,30)/b18-3+,27-11?. The van der Waals surface area contributed by atoms with E-state index in [9.17, 15) is 18.7 Å². The number of benzene rings is 1. The van der Waals surface area contributed by atoms with Crippen LogP contribution in [0.1, 0.15) is 36.5 Å². The lowest BCUT2D eigenvalue weighted by Crippen LogP contribution is -2.48. The first-order valence-electron chi connectivity index (χ1n) is 10.3. The van der Waals surface area contributed by atoms with Crippen LogP contribution in [0, 0.1) is 0 Å². The van der Waals surface area contributed by atoms with Crippen LogP contribution in [-0.2, 0) is 24.4 Å². The smallest absolute Gasteiger partial charge is 0.312 e. The Balaban J connectivity index is 1.61. The number of alkyl halides is 2. The highest BCUT2D eigenvalue weighted by molar-refractivity contribution is 5.82. The van der Waals surface area contributed by atoms with E-state index in [-0.39, 0.29) is 24.3 Å². The molecule has 31 heavy (non-hydrogen) atoms. The van der Waals surface area contributed by atoms with Crippen molar-refractivity contribution in [2.45, 2.75) is 57.6 Å². The first-order chi connectivity index (χ1) is 14.7. The number of aliphatic imine (C=N–C) groups is 1. The second kappa shape index (κ2) is 9.67. The molecular weight excluding hydrogens is 404 g/mol. The summed E-state index contributed by atoms with van der Waals surface area (Å²) in [6, 6.07) is 5.60. The summed E-state index contributed by atoms with van der Waals surface area (Å²) in [7, 11) is 0. The van der Waals surface area contributed by atoms with Crippen LogP contribution >= 0.6 is 0 Å². The Hall–Kier alpha value is -2.62. The minimum Gasteiger partial charge on any atom is -0.384 e. The molecule has 2 atom stereocenters. The number of hydrogen-bond donors (Lipinski definition) is 4. The van der Waals surface area contributed by atoms with E-state index in [4.69, 9.17) is 5.73 Å². The molecule has 2 aliphatic rings. The van der Waals surface area contributed by atoms with Gasteiger partial charge in [-0.1, -0.05) is 30.9 Å². The number of aliphatic hydroxyl groups excluding tert-OH is 1. The number of aliphatic hydroxyl groups is 1. The molecule has 1 amide bonds. The van der Waals surface area contributed by atoms with Crippen molar-refractivity contribution in [3.05, 3.63) is 58.9 Å². The maximum Gasteiger partial charge on any atom is 0.312 e. The summed E-state index contributed by atoms with van der Waals surface area (Å²) in [5, 5.41) is 15.5. The number of nitrogens with zero attached hydrogens (tertiary/aromatic N) is 2. The molecule has 2 unspecified atom stereocenters. The molecule has 0 bridgehead atoms. The summed E-state index contributed by atoms with van der Waals surface area (Å²) in [6.07, 6.45) is 1.76. The van der Waals surface area contributed by atoms with Crippen LogP contribution in [0.5, 0.6) is 0 Å². The minimum atomic E-state index is -3.56. The van der Waals surface area contributed by atoms with Crippen molar-refractivity contribution in [2.75, 3.05) is 6.54 Å². The van der Waals surface area contributed by atoms with Crippen molar-refractivity contribution in [3.63, 3.8) is 0 Å². The Bertz CT molecular complexity index is 900. The van der Waals surface area contributed by atoms with Gasteiger partial charge in [0.2, 0.25) is 5.91 Å². The summed E-state index contributed by atoms with van der Waals surface area (Å²) in [6.45, 7) is 6.88. The van der Waals surface area contributed by atoms with Gasteiger partial charge >= 0.3 is 5.92 Å². The van der Waals surface area contributed by atoms with Gasteiger partial charge in [0.25, 0.3) is 0 Å². The number of carbonyl (C=O) groups excluding carboxylic acids is 1. The molecule has 2 aliphatic heterocycles. The van der Waals surface area contributed by atoms with Crippen LogP contribution < -0.4 is 16.4 Å². The van der Waals surface area contributed by atoms with E-state index < -0.39 is 17.7 Å². The normalized spacial score (nSPS) is 21.2. The highest BCUT2D eigenvalue weighted by Crippen LogP contribution is 2.29. The third kappa shape index (κ3) is 5.36. The van der Waals surface area contributed by atoms with Crippen molar-refractivity contribution >= 4 is 12.1 Å². The fraction of sp³-hybridized carbons (Fsp3) is 0.455. The first kappa shape index (κ1) is 23.1. The van der Waals surface area contributed by atoms with Crippen LogP contribution in [0.4, 0.5) is 8.78 Å². The van der Waals surface area contributed by atoms with Crippen LogP contribution in [0.15, 0.2) is 47.2 Å². The third-order valence-electron chi connectivity index (χ3n) is 5.62. The molecule has 3 rings (SSSR count). The molecule has 9 heteroatoms. The number of fused-ring (bicyclic) bond motifs is 1. The highest BCUT2D eigenvalue weighted by atomic mass is 19.3. The van der Waals surface area contributed by atoms with Crippen molar-refractivity contribution < 1.29 is 18.7 Å². The second-order valence-electron chi connectivity index (χ2n) is 7.86. The van der Waals surface area contributed by atoms with E-state index in [1.165, 1.54) is 13.0 Å². The van der Waals surface area contributed by atoms with Gasteiger partial charge in [0.15, 0.2) is 6.23 Å². The van der Waals surface area contributed by atoms with E-state index in [2.05, 4.69) is 27.1 Å². The van der Waals surface area contributed by atoms with Crippen molar-refractivity contribution in [1.29, 1.82) is 0 Å². The average molecular weight is 434 g/mol. The van der Waals surface area contributed by atoms with Crippen LogP contribution in [-0.4, -0.2) is 46.9 Å². The largest absolute Gasteiger partial charge is 0.384 e. The van der Waals surface area contributed by atoms with Gasteiger partial charge in [-0.25, -0.2) is 4.99 Å². The molecule has 1 aromatic rings. The average Bonchev–Trinajstić information content (AvgIpc) is 3.15. The summed E-state index contributed by atoms with van der Waals surface area (Å²) in [5.41, 5.74) is 7.80. The van der Waals surface area contributed by atoms with E-state index in [1.54, 1.807) is 0 Å². The quantitative estimate of drug-likeness (QED) is 0.370. The van der Waals surface area contributed by atoms with E-state index in [0.29, 0.717) is 13.1 Å². The van der Waals surface area contributed by atoms with E-state index >= 15 is 0 Å². The molecule has 0 saturated carbocycles. The molecule has 5 N–H and O–H groups in total. The Kier molecular flexibility index (Phi) is 7.19. The number of rotatable bonds is 8. The van der Waals surface area contributed by atoms with E-state index in [0.717, 1.165) is 42.3 Å². The van der Waals surface area contributed by atoms with Gasteiger partial charge in [-0.3, -0.25) is 15.0 Å². The van der Waals surface area contributed by atoms with Crippen molar-refractivity contribution in [2.24, 2.45) is 10.7 Å². The number of carbonyl (C=O) groups is 1. The zero-order valence-corrected chi connectivity index (χ0v) is 17.6.